The van der Waals surface area contributed by atoms with Gasteiger partial charge in [0.1, 0.15) is 0 Å². The molecule has 0 radical (unpaired) electrons. The van der Waals surface area contributed by atoms with Crippen LogP contribution in [0.25, 0.3) is 0 Å². The molecule has 1 aliphatic heterocycles. The Kier molecular flexibility index (Phi) is 5.18. The van der Waals surface area contributed by atoms with Gasteiger partial charge in [-0.05, 0) is 37.4 Å². The van der Waals surface area contributed by atoms with Crippen LogP contribution < -0.4 is 5.32 Å². The Morgan fingerprint density at radius 2 is 2.00 bits per heavy atom. The number of rotatable bonds is 6. The third-order valence-electron chi connectivity index (χ3n) is 3.72. The Labute approximate surface area is 109 Å². The monoisotopic (exact) mass is 277 g/mol. The first kappa shape index (κ1) is 13.7. The van der Waals surface area contributed by atoms with Crippen molar-refractivity contribution in [3.63, 3.8) is 0 Å². The fourth-order valence-electron chi connectivity index (χ4n) is 2.42. The largest absolute Gasteiger partial charge is 0.312 e. The standard InChI is InChI=1S/C12H23NO2S2/c14-17(15,10-11-3-1-4-11)8-6-13-12-5-2-7-16-9-12/h11-13H,1-10H2/t12-/m1/s1. The van der Waals surface area contributed by atoms with Crippen LogP contribution in [0.15, 0.2) is 0 Å². The lowest BCUT2D eigenvalue weighted by molar-refractivity contribution is 0.347. The van der Waals surface area contributed by atoms with Crippen LogP contribution in [0.1, 0.15) is 32.1 Å². The lowest BCUT2D eigenvalue weighted by Crippen LogP contribution is -2.37. The van der Waals surface area contributed by atoms with Crippen LogP contribution in [0, 0.1) is 5.92 Å². The third-order valence-corrected chi connectivity index (χ3v) is 6.74. The maximum Gasteiger partial charge on any atom is 0.151 e. The molecule has 0 unspecified atom stereocenters. The predicted octanol–water partition coefficient (Wildman–Crippen LogP) is 1.69. The second kappa shape index (κ2) is 6.43. The van der Waals surface area contributed by atoms with Gasteiger partial charge in [-0.15, -0.1) is 0 Å². The van der Waals surface area contributed by atoms with Crippen molar-refractivity contribution >= 4 is 21.6 Å². The summed E-state index contributed by atoms with van der Waals surface area (Å²) in [7, 11) is -2.81. The minimum absolute atomic E-state index is 0.324. The van der Waals surface area contributed by atoms with Crippen molar-refractivity contribution in [1.29, 1.82) is 0 Å². The highest BCUT2D eigenvalue weighted by Gasteiger charge is 2.24. The van der Waals surface area contributed by atoms with Gasteiger partial charge in [-0.25, -0.2) is 8.42 Å². The molecule has 0 bridgehead atoms. The minimum Gasteiger partial charge on any atom is -0.312 e. The quantitative estimate of drug-likeness (QED) is 0.802. The smallest absolute Gasteiger partial charge is 0.151 e. The molecule has 0 aromatic heterocycles. The number of nitrogens with one attached hydrogen (secondary N) is 1. The van der Waals surface area contributed by atoms with Gasteiger partial charge in [0.15, 0.2) is 9.84 Å². The van der Waals surface area contributed by atoms with Gasteiger partial charge in [-0.3, -0.25) is 0 Å². The van der Waals surface area contributed by atoms with Gasteiger partial charge in [-0.2, -0.15) is 11.8 Å². The van der Waals surface area contributed by atoms with E-state index in [1.54, 1.807) is 0 Å². The molecule has 5 heteroatoms. The van der Waals surface area contributed by atoms with Crippen molar-refractivity contribution < 1.29 is 8.42 Å². The van der Waals surface area contributed by atoms with E-state index in [0.717, 1.165) is 18.6 Å². The molecule has 17 heavy (non-hydrogen) atoms. The summed E-state index contributed by atoms with van der Waals surface area (Å²) >= 11 is 1.97. The van der Waals surface area contributed by atoms with Gasteiger partial charge in [0.2, 0.25) is 0 Å². The Morgan fingerprint density at radius 1 is 1.18 bits per heavy atom. The van der Waals surface area contributed by atoms with E-state index < -0.39 is 9.84 Å². The summed E-state index contributed by atoms with van der Waals surface area (Å²) in [5.41, 5.74) is 0. The number of hydrogen-bond acceptors (Lipinski definition) is 4. The van der Waals surface area contributed by atoms with Crippen LogP contribution in [0.4, 0.5) is 0 Å². The van der Waals surface area contributed by atoms with Crippen LogP contribution in [0.5, 0.6) is 0 Å². The van der Waals surface area contributed by atoms with E-state index in [1.807, 2.05) is 11.8 Å². The molecule has 1 aliphatic carbocycles. The first-order chi connectivity index (χ1) is 8.16. The van der Waals surface area contributed by atoms with Gasteiger partial charge in [-0.1, -0.05) is 6.42 Å². The number of hydrogen-bond donors (Lipinski definition) is 1. The molecule has 0 aromatic rings. The highest BCUT2D eigenvalue weighted by Crippen LogP contribution is 2.27. The molecule has 3 nitrogen and oxygen atoms in total. The van der Waals surface area contributed by atoms with Crippen molar-refractivity contribution in [2.24, 2.45) is 5.92 Å². The van der Waals surface area contributed by atoms with Crippen LogP contribution in [0.3, 0.4) is 0 Å². The average Bonchev–Trinajstić information content (AvgIpc) is 2.25. The zero-order valence-corrected chi connectivity index (χ0v) is 12.0. The highest BCUT2D eigenvalue weighted by atomic mass is 32.2. The van der Waals surface area contributed by atoms with Gasteiger partial charge in [0, 0.05) is 18.3 Å². The van der Waals surface area contributed by atoms with Gasteiger partial charge >= 0.3 is 0 Å². The maximum atomic E-state index is 11.8. The summed E-state index contributed by atoms with van der Waals surface area (Å²) in [4.78, 5) is 0. The van der Waals surface area contributed by atoms with E-state index in [0.29, 0.717) is 30.0 Å². The van der Waals surface area contributed by atoms with E-state index in [2.05, 4.69) is 5.32 Å². The molecule has 1 N–H and O–H groups in total. The molecule has 2 fully saturated rings. The average molecular weight is 277 g/mol. The highest BCUT2D eigenvalue weighted by molar-refractivity contribution is 7.99. The van der Waals surface area contributed by atoms with E-state index in [9.17, 15) is 8.42 Å². The molecule has 0 amide bonds. The topological polar surface area (TPSA) is 46.2 Å². The maximum absolute atomic E-state index is 11.8. The molecule has 2 aliphatic rings. The molecule has 0 spiro atoms. The molecule has 2 rings (SSSR count). The molecule has 1 heterocycles. The van der Waals surface area contributed by atoms with Crippen molar-refractivity contribution in [3.05, 3.63) is 0 Å². The van der Waals surface area contributed by atoms with E-state index >= 15 is 0 Å². The minimum atomic E-state index is -2.81. The summed E-state index contributed by atoms with van der Waals surface area (Å²) < 4.78 is 23.7. The van der Waals surface area contributed by atoms with E-state index in [1.165, 1.54) is 25.0 Å². The van der Waals surface area contributed by atoms with Crippen molar-refractivity contribution in [2.75, 3.05) is 29.6 Å². The predicted molar refractivity (Wildman–Crippen MR) is 74.3 cm³/mol. The molecule has 1 saturated heterocycles. The SMILES string of the molecule is O=S(=O)(CCN[C@@H]1CCCSC1)CC1CCC1. The summed E-state index contributed by atoms with van der Waals surface area (Å²) in [6.45, 7) is 0.639. The van der Waals surface area contributed by atoms with E-state index in [4.69, 9.17) is 0 Å². The molecular formula is C12H23NO2S2. The van der Waals surface area contributed by atoms with Crippen LogP contribution in [-0.4, -0.2) is 44.0 Å². The van der Waals surface area contributed by atoms with Crippen LogP contribution in [-0.2, 0) is 9.84 Å². The lowest BCUT2D eigenvalue weighted by Gasteiger charge is -2.25. The van der Waals surface area contributed by atoms with Crippen molar-refractivity contribution in [3.8, 4) is 0 Å². The summed E-state index contributed by atoms with van der Waals surface area (Å²) in [6.07, 6.45) is 5.92. The Bertz CT molecular complexity index is 319. The summed E-state index contributed by atoms with van der Waals surface area (Å²) in [6, 6.07) is 0.535. The molecule has 0 aromatic carbocycles. The molecule has 1 saturated carbocycles. The summed E-state index contributed by atoms with van der Waals surface area (Å²) in [5, 5.41) is 3.39. The lowest BCUT2D eigenvalue weighted by atomic mass is 9.87. The van der Waals surface area contributed by atoms with E-state index in [-0.39, 0.29) is 0 Å². The fraction of sp³-hybridized carbons (Fsp3) is 1.00. The van der Waals surface area contributed by atoms with Crippen molar-refractivity contribution in [2.45, 2.75) is 38.1 Å². The molecule has 1 atom stereocenters. The number of sulfone groups is 1. The first-order valence-electron chi connectivity index (χ1n) is 6.67. The zero-order chi connectivity index (χ0) is 12.1. The fourth-order valence-corrected chi connectivity index (χ4v) is 5.18. The zero-order valence-electron chi connectivity index (χ0n) is 10.4. The van der Waals surface area contributed by atoms with Crippen LogP contribution in [0.2, 0.25) is 0 Å². The molecular weight excluding hydrogens is 254 g/mol. The Morgan fingerprint density at radius 3 is 2.59 bits per heavy atom. The second-order valence-electron chi connectivity index (χ2n) is 5.28. The normalized spacial score (nSPS) is 26.7. The Balaban J connectivity index is 1.62. The second-order valence-corrected chi connectivity index (χ2v) is 8.66. The van der Waals surface area contributed by atoms with Gasteiger partial charge in [0.25, 0.3) is 0 Å². The molecule has 100 valence electrons. The number of thioether (sulfide) groups is 1. The van der Waals surface area contributed by atoms with Crippen LogP contribution >= 0.6 is 11.8 Å². The van der Waals surface area contributed by atoms with Gasteiger partial charge < -0.3 is 5.32 Å². The third kappa shape index (κ3) is 4.79. The van der Waals surface area contributed by atoms with Crippen molar-refractivity contribution in [1.82, 2.24) is 5.32 Å². The summed E-state index contributed by atoms with van der Waals surface area (Å²) in [5.74, 6) is 3.62. The first-order valence-corrected chi connectivity index (χ1v) is 9.65. The Hall–Kier alpha value is 0.260. The van der Waals surface area contributed by atoms with Gasteiger partial charge in [0.05, 0.1) is 11.5 Å².